The minimum absolute atomic E-state index is 0.240. The number of hydrazine groups is 1. The highest BCUT2D eigenvalue weighted by Crippen LogP contribution is 2.06. The molecule has 0 aliphatic carbocycles. The standard InChI is InChI=1S/C8H20N2O2S2/c1-13-6-5-8(10-9)4-3-7-14(2,11)12/h8,10H,3-7,9H2,1-2H3. The minimum atomic E-state index is -2.82. The largest absolute Gasteiger partial charge is 0.271 e. The summed E-state index contributed by atoms with van der Waals surface area (Å²) < 4.78 is 21.7. The molecule has 0 spiro atoms. The summed E-state index contributed by atoms with van der Waals surface area (Å²) >= 11 is 1.77. The Bertz CT molecular complexity index is 229. The van der Waals surface area contributed by atoms with Crippen LogP contribution in [0.3, 0.4) is 0 Å². The van der Waals surface area contributed by atoms with E-state index in [2.05, 4.69) is 5.43 Å². The Balaban J connectivity index is 3.62. The number of hydrogen-bond donors (Lipinski definition) is 2. The second kappa shape index (κ2) is 7.50. The second-order valence-electron chi connectivity index (χ2n) is 3.42. The lowest BCUT2D eigenvalue weighted by Crippen LogP contribution is -2.35. The topological polar surface area (TPSA) is 72.2 Å². The van der Waals surface area contributed by atoms with Gasteiger partial charge in [0.15, 0.2) is 0 Å². The van der Waals surface area contributed by atoms with Gasteiger partial charge in [0, 0.05) is 18.1 Å². The zero-order valence-corrected chi connectivity index (χ0v) is 10.5. The molecule has 0 fully saturated rings. The Kier molecular flexibility index (Phi) is 7.62. The highest BCUT2D eigenvalue weighted by atomic mass is 32.2. The molecule has 3 N–H and O–H groups in total. The van der Waals surface area contributed by atoms with Crippen molar-refractivity contribution in [3.8, 4) is 0 Å². The molecule has 0 aromatic heterocycles. The Morgan fingerprint density at radius 1 is 1.43 bits per heavy atom. The van der Waals surface area contributed by atoms with Crippen LogP contribution in [0, 0.1) is 0 Å². The number of rotatable bonds is 8. The van der Waals surface area contributed by atoms with Gasteiger partial charge in [-0.3, -0.25) is 11.3 Å². The molecule has 0 aliphatic heterocycles. The lowest BCUT2D eigenvalue weighted by atomic mass is 10.1. The van der Waals surface area contributed by atoms with Gasteiger partial charge >= 0.3 is 0 Å². The Morgan fingerprint density at radius 2 is 2.07 bits per heavy atom. The van der Waals surface area contributed by atoms with Crippen LogP contribution in [0.2, 0.25) is 0 Å². The van der Waals surface area contributed by atoms with E-state index in [4.69, 9.17) is 5.84 Å². The Morgan fingerprint density at radius 3 is 2.50 bits per heavy atom. The number of hydrogen-bond acceptors (Lipinski definition) is 5. The Labute approximate surface area is 90.9 Å². The van der Waals surface area contributed by atoms with Crippen molar-refractivity contribution in [1.82, 2.24) is 5.43 Å². The van der Waals surface area contributed by atoms with Crippen molar-refractivity contribution in [2.75, 3.05) is 24.0 Å². The highest BCUT2D eigenvalue weighted by Gasteiger charge is 2.08. The fourth-order valence-corrected chi connectivity index (χ4v) is 2.37. The summed E-state index contributed by atoms with van der Waals surface area (Å²) in [6.07, 6.45) is 5.80. The van der Waals surface area contributed by atoms with Gasteiger partial charge in [-0.25, -0.2) is 8.42 Å². The van der Waals surface area contributed by atoms with Gasteiger partial charge in [0.2, 0.25) is 0 Å². The molecule has 86 valence electrons. The third kappa shape index (κ3) is 8.80. The van der Waals surface area contributed by atoms with Crippen LogP contribution in [-0.2, 0) is 9.84 Å². The van der Waals surface area contributed by atoms with Crippen molar-refractivity contribution < 1.29 is 8.42 Å². The smallest absolute Gasteiger partial charge is 0.147 e. The maximum Gasteiger partial charge on any atom is 0.147 e. The predicted octanol–water partition coefficient (Wildman–Crippen LogP) is 0.396. The first-order chi connectivity index (χ1) is 6.49. The van der Waals surface area contributed by atoms with E-state index < -0.39 is 9.84 Å². The van der Waals surface area contributed by atoms with Crippen molar-refractivity contribution in [2.45, 2.75) is 25.3 Å². The molecule has 4 nitrogen and oxygen atoms in total. The first-order valence-corrected chi connectivity index (χ1v) is 8.08. The zero-order chi connectivity index (χ0) is 11.0. The summed E-state index contributed by atoms with van der Waals surface area (Å²) in [5.74, 6) is 6.66. The highest BCUT2D eigenvalue weighted by molar-refractivity contribution is 7.98. The normalized spacial score (nSPS) is 14.2. The second-order valence-corrected chi connectivity index (χ2v) is 6.66. The van der Waals surface area contributed by atoms with Crippen LogP contribution < -0.4 is 11.3 Å². The van der Waals surface area contributed by atoms with Gasteiger partial charge in [0.05, 0.1) is 0 Å². The van der Waals surface area contributed by atoms with Crippen molar-refractivity contribution in [3.63, 3.8) is 0 Å². The zero-order valence-electron chi connectivity index (χ0n) is 8.82. The third-order valence-corrected chi connectivity index (χ3v) is 3.65. The summed E-state index contributed by atoms with van der Waals surface area (Å²) in [6.45, 7) is 0. The maximum atomic E-state index is 10.9. The van der Waals surface area contributed by atoms with Gasteiger partial charge in [0.1, 0.15) is 9.84 Å². The molecule has 0 aromatic rings. The average molecular weight is 240 g/mol. The van der Waals surface area contributed by atoms with Crippen molar-refractivity contribution >= 4 is 21.6 Å². The van der Waals surface area contributed by atoms with Crippen molar-refractivity contribution in [1.29, 1.82) is 0 Å². The van der Waals surface area contributed by atoms with E-state index in [1.165, 1.54) is 6.26 Å². The fourth-order valence-electron chi connectivity index (χ4n) is 1.16. The molecule has 0 saturated carbocycles. The van der Waals surface area contributed by atoms with Crippen LogP contribution in [0.25, 0.3) is 0 Å². The van der Waals surface area contributed by atoms with E-state index in [1.807, 2.05) is 6.26 Å². The molecule has 0 amide bonds. The molecule has 1 atom stereocenters. The van der Waals surface area contributed by atoms with Crippen LogP contribution in [0.4, 0.5) is 0 Å². The van der Waals surface area contributed by atoms with Gasteiger partial charge in [0.25, 0.3) is 0 Å². The third-order valence-electron chi connectivity index (χ3n) is 1.97. The number of nitrogens with two attached hydrogens (primary N) is 1. The molecule has 0 radical (unpaired) electrons. The lowest BCUT2D eigenvalue weighted by Gasteiger charge is -2.14. The van der Waals surface area contributed by atoms with Gasteiger partial charge in [-0.15, -0.1) is 0 Å². The fraction of sp³-hybridized carbons (Fsp3) is 1.00. The van der Waals surface area contributed by atoms with Crippen molar-refractivity contribution in [2.24, 2.45) is 5.84 Å². The van der Waals surface area contributed by atoms with Crippen LogP contribution in [-0.4, -0.2) is 38.5 Å². The van der Waals surface area contributed by atoms with E-state index in [1.54, 1.807) is 11.8 Å². The molecule has 0 bridgehead atoms. The van der Waals surface area contributed by atoms with Gasteiger partial charge < -0.3 is 0 Å². The van der Waals surface area contributed by atoms with Gasteiger partial charge in [-0.1, -0.05) is 0 Å². The van der Waals surface area contributed by atoms with Crippen LogP contribution in [0.15, 0.2) is 0 Å². The molecular weight excluding hydrogens is 220 g/mol. The summed E-state index contributed by atoms with van der Waals surface area (Å²) in [5.41, 5.74) is 2.71. The number of thioether (sulfide) groups is 1. The van der Waals surface area contributed by atoms with E-state index in [0.717, 1.165) is 18.6 Å². The quantitative estimate of drug-likeness (QED) is 0.474. The van der Waals surface area contributed by atoms with Crippen LogP contribution >= 0.6 is 11.8 Å². The summed E-state index contributed by atoms with van der Waals surface area (Å²) in [4.78, 5) is 0. The van der Waals surface area contributed by atoms with Gasteiger partial charge in [-0.05, 0) is 31.3 Å². The lowest BCUT2D eigenvalue weighted by molar-refractivity contribution is 0.478. The number of sulfone groups is 1. The van der Waals surface area contributed by atoms with Crippen LogP contribution in [0.1, 0.15) is 19.3 Å². The number of nitrogens with one attached hydrogen (secondary N) is 1. The van der Waals surface area contributed by atoms with Crippen molar-refractivity contribution in [3.05, 3.63) is 0 Å². The first-order valence-electron chi connectivity index (χ1n) is 4.62. The van der Waals surface area contributed by atoms with E-state index in [9.17, 15) is 8.42 Å². The Hall–Kier alpha value is 0.220. The van der Waals surface area contributed by atoms with E-state index in [-0.39, 0.29) is 11.8 Å². The molecule has 0 aliphatic rings. The molecule has 6 heteroatoms. The van der Waals surface area contributed by atoms with Gasteiger partial charge in [-0.2, -0.15) is 11.8 Å². The van der Waals surface area contributed by atoms with E-state index >= 15 is 0 Å². The summed E-state index contributed by atoms with van der Waals surface area (Å²) in [5, 5.41) is 0. The molecular formula is C8H20N2O2S2. The minimum Gasteiger partial charge on any atom is -0.271 e. The van der Waals surface area contributed by atoms with E-state index in [0.29, 0.717) is 6.42 Å². The molecule has 1 unspecified atom stereocenters. The predicted molar refractivity (Wildman–Crippen MR) is 63.1 cm³/mol. The molecule has 0 aromatic carbocycles. The molecule has 0 rings (SSSR count). The summed E-state index contributed by atoms with van der Waals surface area (Å²) in [6, 6.07) is 0.240. The molecule has 0 saturated heterocycles. The monoisotopic (exact) mass is 240 g/mol. The summed E-state index contributed by atoms with van der Waals surface area (Å²) in [7, 11) is -2.82. The van der Waals surface area contributed by atoms with Crippen LogP contribution in [0.5, 0.6) is 0 Å². The first kappa shape index (κ1) is 14.2. The molecule has 14 heavy (non-hydrogen) atoms. The SMILES string of the molecule is CSCCC(CCCS(C)(=O)=O)NN. The average Bonchev–Trinajstić information content (AvgIpc) is 2.09. The molecule has 0 heterocycles. The maximum absolute atomic E-state index is 10.9.